The minimum atomic E-state index is -0.776. The molecule has 1 saturated carbocycles. The largest absolute Gasteiger partial charge is 0.439 e. The van der Waals surface area contributed by atoms with Gasteiger partial charge in [0.15, 0.2) is 17.3 Å². The summed E-state index contributed by atoms with van der Waals surface area (Å²) in [6, 6.07) is 13.8. The van der Waals surface area contributed by atoms with Crippen LogP contribution >= 0.6 is 0 Å². The number of nitrogens with one attached hydrogen (secondary N) is 2. The Morgan fingerprint density at radius 3 is 2.57 bits per heavy atom. The van der Waals surface area contributed by atoms with E-state index >= 15 is 0 Å². The van der Waals surface area contributed by atoms with Crippen LogP contribution in [0.3, 0.4) is 0 Å². The van der Waals surface area contributed by atoms with Gasteiger partial charge in [-0.1, -0.05) is 35.5 Å². The molecular weight excluding hydrogens is 453 g/mol. The van der Waals surface area contributed by atoms with E-state index in [-0.39, 0.29) is 17.5 Å². The molecule has 0 amide bonds. The molecule has 0 aliphatic heterocycles. The number of ether oxygens (including phenoxy) is 1. The van der Waals surface area contributed by atoms with Gasteiger partial charge in [-0.3, -0.25) is 9.51 Å². The summed E-state index contributed by atoms with van der Waals surface area (Å²) in [5, 5.41) is 14.2. The molecule has 5 aromatic rings. The van der Waals surface area contributed by atoms with E-state index in [1.807, 2.05) is 19.1 Å². The summed E-state index contributed by atoms with van der Waals surface area (Å²) in [4.78, 5) is 25.5. The zero-order chi connectivity index (χ0) is 24.2. The first-order valence-corrected chi connectivity index (χ1v) is 11.1. The maximum Gasteiger partial charge on any atom is 0.439 e. The van der Waals surface area contributed by atoms with Crippen LogP contribution in [0.4, 0.5) is 4.39 Å². The number of hydrogen-bond acceptors (Lipinski definition) is 7. The van der Waals surface area contributed by atoms with Crippen molar-refractivity contribution >= 4 is 11.2 Å². The molecule has 3 N–H and O–H groups in total. The molecule has 10 heteroatoms. The van der Waals surface area contributed by atoms with Crippen molar-refractivity contribution in [1.29, 1.82) is 0 Å². The van der Waals surface area contributed by atoms with E-state index in [2.05, 4.69) is 29.6 Å². The van der Waals surface area contributed by atoms with Gasteiger partial charge >= 0.3 is 11.8 Å². The SMILES string of the molecule is Cc1ccc(Oc2nc3nc(-c4ccc(C5(O)CCC5)cc4)c(F)cc3[nH]2)cc1-c1noc(=O)[nH]1. The zero-order valence-corrected chi connectivity index (χ0v) is 18.6. The maximum atomic E-state index is 14.9. The van der Waals surface area contributed by atoms with E-state index in [0.717, 1.165) is 30.4 Å². The predicted octanol–water partition coefficient (Wildman–Crippen LogP) is 4.58. The molecule has 0 atom stereocenters. The molecule has 176 valence electrons. The highest BCUT2D eigenvalue weighted by atomic mass is 19.1. The number of pyridine rings is 1. The molecule has 1 aliphatic carbocycles. The molecule has 3 aromatic heterocycles. The first-order valence-electron chi connectivity index (χ1n) is 11.1. The summed E-state index contributed by atoms with van der Waals surface area (Å²) in [6.45, 7) is 1.86. The molecule has 0 unspecified atom stereocenters. The Kier molecular flexibility index (Phi) is 4.78. The van der Waals surface area contributed by atoms with E-state index < -0.39 is 17.2 Å². The minimum absolute atomic E-state index is 0.134. The second-order valence-corrected chi connectivity index (χ2v) is 8.72. The number of hydrogen-bond donors (Lipinski definition) is 3. The lowest BCUT2D eigenvalue weighted by atomic mass is 9.75. The van der Waals surface area contributed by atoms with Crippen LogP contribution in [0.5, 0.6) is 11.8 Å². The van der Waals surface area contributed by atoms with Gasteiger partial charge < -0.3 is 14.8 Å². The van der Waals surface area contributed by atoms with Crippen LogP contribution in [0.1, 0.15) is 30.4 Å². The Morgan fingerprint density at radius 2 is 1.89 bits per heavy atom. The van der Waals surface area contributed by atoms with Gasteiger partial charge in [-0.05, 0) is 49.4 Å². The fourth-order valence-corrected chi connectivity index (χ4v) is 4.26. The van der Waals surface area contributed by atoms with Gasteiger partial charge in [0.2, 0.25) is 0 Å². The van der Waals surface area contributed by atoms with Crippen molar-refractivity contribution in [3.05, 3.63) is 76.0 Å². The highest BCUT2D eigenvalue weighted by Gasteiger charge is 2.36. The van der Waals surface area contributed by atoms with Crippen molar-refractivity contribution in [2.45, 2.75) is 31.8 Å². The Balaban J connectivity index is 1.29. The zero-order valence-electron chi connectivity index (χ0n) is 18.6. The molecule has 2 aromatic carbocycles. The molecular formula is C25H20FN5O4. The molecule has 1 aliphatic rings. The standard InChI is InChI=1S/C25H20FN5O4/c1-13-3-8-16(11-17(13)21-30-24(32)35-31-21)34-23-27-19-12-18(26)20(28-22(19)29-23)14-4-6-15(7-5-14)25(33)9-2-10-25/h3-8,11-12,33H,2,9-10H2,1H3,(H,27,28,29)(H,30,31,32). The van der Waals surface area contributed by atoms with Gasteiger partial charge in [0, 0.05) is 17.2 Å². The van der Waals surface area contributed by atoms with E-state index in [0.29, 0.717) is 28.0 Å². The normalized spacial score (nSPS) is 14.7. The lowest BCUT2D eigenvalue weighted by molar-refractivity contribution is -0.0387. The highest BCUT2D eigenvalue weighted by Crippen LogP contribution is 2.41. The number of aromatic amines is 2. The van der Waals surface area contributed by atoms with Gasteiger partial charge in [0.1, 0.15) is 11.4 Å². The van der Waals surface area contributed by atoms with Crippen LogP contribution in [-0.2, 0) is 5.60 Å². The van der Waals surface area contributed by atoms with Crippen LogP contribution in [0, 0.1) is 12.7 Å². The third-order valence-electron chi connectivity index (χ3n) is 6.40. The number of aryl methyl sites for hydroxylation is 1. The smallest absolute Gasteiger partial charge is 0.426 e. The number of rotatable bonds is 5. The van der Waals surface area contributed by atoms with Crippen LogP contribution < -0.4 is 10.5 Å². The third kappa shape index (κ3) is 3.77. The summed E-state index contributed by atoms with van der Waals surface area (Å²) in [5.74, 6) is -0.444. The number of aromatic nitrogens is 5. The van der Waals surface area contributed by atoms with Gasteiger partial charge in [-0.25, -0.2) is 14.2 Å². The monoisotopic (exact) mass is 473 g/mol. The third-order valence-corrected chi connectivity index (χ3v) is 6.40. The second-order valence-electron chi connectivity index (χ2n) is 8.72. The van der Waals surface area contributed by atoms with Crippen molar-refractivity contribution in [3.8, 4) is 34.4 Å². The first-order chi connectivity index (χ1) is 16.9. The first kappa shape index (κ1) is 21.2. The van der Waals surface area contributed by atoms with Crippen molar-refractivity contribution < 1.29 is 18.8 Å². The lowest BCUT2D eigenvalue weighted by Gasteiger charge is -2.37. The summed E-state index contributed by atoms with van der Waals surface area (Å²) < 4.78 is 25.3. The highest BCUT2D eigenvalue weighted by molar-refractivity contribution is 5.76. The predicted molar refractivity (Wildman–Crippen MR) is 124 cm³/mol. The molecule has 0 spiro atoms. The summed E-state index contributed by atoms with van der Waals surface area (Å²) in [5.41, 5.74) is 2.97. The average molecular weight is 473 g/mol. The van der Waals surface area contributed by atoms with Crippen molar-refractivity contribution in [3.63, 3.8) is 0 Å². The van der Waals surface area contributed by atoms with Gasteiger partial charge in [-0.15, -0.1) is 0 Å². The average Bonchev–Trinajstić information content (AvgIpc) is 3.43. The van der Waals surface area contributed by atoms with Crippen LogP contribution in [0.2, 0.25) is 0 Å². The molecule has 1 fully saturated rings. The number of aliphatic hydroxyl groups is 1. The van der Waals surface area contributed by atoms with Gasteiger partial charge in [0.05, 0.1) is 11.1 Å². The fraction of sp³-hybridized carbons (Fsp3) is 0.200. The fourth-order valence-electron chi connectivity index (χ4n) is 4.26. The van der Waals surface area contributed by atoms with Crippen LogP contribution in [-0.4, -0.2) is 30.2 Å². The maximum absolute atomic E-state index is 14.9. The Bertz CT molecular complexity index is 1620. The Hall–Kier alpha value is -4.31. The topological polar surface area (TPSA) is 130 Å². The Labute approximate surface area is 197 Å². The minimum Gasteiger partial charge on any atom is -0.426 e. The van der Waals surface area contributed by atoms with Gasteiger partial charge in [-0.2, -0.15) is 4.98 Å². The van der Waals surface area contributed by atoms with Crippen molar-refractivity contribution in [1.82, 2.24) is 25.1 Å². The quantitative estimate of drug-likeness (QED) is 0.341. The van der Waals surface area contributed by atoms with Crippen LogP contribution in [0.25, 0.3) is 33.8 Å². The molecule has 3 heterocycles. The van der Waals surface area contributed by atoms with E-state index in [1.54, 1.807) is 30.3 Å². The molecule has 0 bridgehead atoms. The van der Waals surface area contributed by atoms with E-state index in [9.17, 15) is 14.3 Å². The summed E-state index contributed by atoms with van der Waals surface area (Å²) in [6.07, 6.45) is 2.47. The molecule has 35 heavy (non-hydrogen) atoms. The number of imidazole rings is 1. The molecule has 0 radical (unpaired) electrons. The number of halogens is 1. The molecule has 6 rings (SSSR count). The number of H-pyrrole nitrogens is 2. The molecule has 9 nitrogen and oxygen atoms in total. The lowest BCUT2D eigenvalue weighted by Crippen LogP contribution is -2.33. The van der Waals surface area contributed by atoms with E-state index in [1.165, 1.54) is 6.07 Å². The summed E-state index contributed by atoms with van der Waals surface area (Å²) >= 11 is 0. The second kappa shape index (κ2) is 7.88. The van der Waals surface area contributed by atoms with Crippen molar-refractivity contribution in [2.24, 2.45) is 0 Å². The number of fused-ring (bicyclic) bond motifs is 1. The van der Waals surface area contributed by atoms with Crippen LogP contribution in [0.15, 0.2) is 57.8 Å². The Morgan fingerprint density at radius 1 is 1.09 bits per heavy atom. The molecule has 0 saturated heterocycles. The number of benzene rings is 2. The van der Waals surface area contributed by atoms with Gasteiger partial charge in [0.25, 0.3) is 0 Å². The summed E-state index contributed by atoms with van der Waals surface area (Å²) in [7, 11) is 0. The number of nitrogens with zero attached hydrogens (tertiary/aromatic N) is 3. The van der Waals surface area contributed by atoms with Crippen molar-refractivity contribution in [2.75, 3.05) is 0 Å². The van der Waals surface area contributed by atoms with E-state index in [4.69, 9.17) is 4.74 Å².